The van der Waals surface area contributed by atoms with Crippen LogP contribution < -0.4 is 9.64 Å². The number of ether oxygens (including phenoxy) is 2. The zero-order valence-corrected chi connectivity index (χ0v) is 37.0. The van der Waals surface area contributed by atoms with E-state index in [1.165, 1.54) is 11.2 Å². The van der Waals surface area contributed by atoms with Gasteiger partial charge in [0.05, 0.1) is 12.9 Å². The monoisotopic (exact) mass is 757 g/mol. The van der Waals surface area contributed by atoms with E-state index in [9.17, 15) is 4.79 Å². The second-order valence-corrected chi connectivity index (χ2v) is 32.7. The Labute approximate surface area is 309 Å². The highest BCUT2D eigenvalue weighted by Gasteiger charge is 2.55. The highest BCUT2D eigenvalue weighted by Crippen LogP contribution is 2.47. The number of carbonyl (C=O) groups excluding carboxylic acids is 1. The Bertz CT molecular complexity index is 1650. The summed E-state index contributed by atoms with van der Waals surface area (Å²) in [6.07, 6.45) is 1.30. The van der Waals surface area contributed by atoms with E-state index < -0.39 is 49.5 Å². The summed E-state index contributed by atoms with van der Waals surface area (Å²) < 4.78 is 36.2. The molecule has 4 atom stereocenters. The van der Waals surface area contributed by atoms with Gasteiger partial charge in [-0.1, -0.05) is 80.5 Å². The van der Waals surface area contributed by atoms with E-state index in [2.05, 4.69) is 112 Å². The van der Waals surface area contributed by atoms with Crippen LogP contribution >= 0.6 is 0 Å². The molecule has 0 N–H and O–H groups in total. The van der Waals surface area contributed by atoms with Crippen LogP contribution in [0.15, 0.2) is 43.0 Å². The van der Waals surface area contributed by atoms with Gasteiger partial charge in [-0.25, -0.2) is 15.0 Å². The number of hydrogen-bond donors (Lipinski definition) is 0. The van der Waals surface area contributed by atoms with E-state index >= 15 is 0 Å². The standard InChI is InChI=1S/C37H63N5O6Si3/c1-35(2,3)49(11,12)45-22-27-30(47-50(13,14)36(4,5)6)31(48-51(15,16)37(7,8)9)34(46-27)42-25-40-29-32(38-24-39-33(29)42)41(10)28(43)23-44-26-20-18-17-19-21-26/h17-21,24-25,27,30-31,34H,22-23H2,1-16H3/t27-,30-,31-,34-/m1/s1. The highest BCUT2D eigenvalue weighted by molar-refractivity contribution is 6.75. The number of likely N-dealkylation sites (N-methyl/N-ethyl adjacent to an activating group) is 1. The molecular formula is C37H63N5O6Si3. The summed E-state index contributed by atoms with van der Waals surface area (Å²) in [5.41, 5.74) is 1.01. The molecule has 1 aliphatic heterocycles. The van der Waals surface area contributed by atoms with Crippen molar-refractivity contribution >= 4 is 47.8 Å². The third kappa shape index (κ3) is 9.02. The number of nitrogens with zero attached hydrogens (tertiary/aromatic N) is 5. The van der Waals surface area contributed by atoms with E-state index in [0.717, 1.165) is 0 Å². The zero-order chi connectivity index (χ0) is 38.4. The van der Waals surface area contributed by atoms with Gasteiger partial charge in [-0.2, -0.15) is 0 Å². The molecule has 0 bridgehead atoms. The molecule has 4 rings (SSSR count). The fourth-order valence-electron chi connectivity index (χ4n) is 5.02. The smallest absolute Gasteiger partial charge is 0.265 e. The Kier molecular flexibility index (Phi) is 11.9. The molecule has 0 radical (unpaired) electrons. The predicted octanol–water partition coefficient (Wildman–Crippen LogP) is 8.57. The molecule has 284 valence electrons. The van der Waals surface area contributed by atoms with Crippen molar-refractivity contribution in [2.45, 2.75) is 141 Å². The van der Waals surface area contributed by atoms with Crippen molar-refractivity contribution in [3.8, 4) is 5.75 Å². The van der Waals surface area contributed by atoms with Gasteiger partial charge < -0.3 is 22.8 Å². The minimum atomic E-state index is -2.36. The van der Waals surface area contributed by atoms with Crippen LogP contribution in [0.1, 0.15) is 68.5 Å². The number of aromatic nitrogens is 4. The molecule has 3 aromatic rings. The second-order valence-electron chi connectivity index (χ2n) is 18.4. The first-order chi connectivity index (χ1) is 23.3. The molecule has 0 unspecified atom stereocenters. The minimum absolute atomic E-state index is 0.0291. The van der Waals surface area contributed by atoms with Crippen LogP contribution in [0, 0.1) is 0 Å². The van der Waals surface area contributed by atoms with Crippen LogP contribution in [-0.2, 0) is 22.8 Å². The molecule has 1 fully saturated rings. The summed E-state index contributed by atoms with van der Waals surface area (Å²) in [5.74, 6) is 0.728. The number of para-hydroxylation sites is 1. The van der Waals surface area contributed by atoms with Crippen molar-refractivity contribution in [1.29, 1.82) is 0 Å². The summed E-state index contributed by atoms with van der Waals surface area (Å²) in [4.78, 5) is 28.7. The maximum absolute atomic E-state index is 13.3. The number of rotatable bonds is 12. The van der Waals surface area contributed by atoms with Crippen LogP contribution in [-0.4, -0.2) is 89.0 Å². The Balaban J connectivity index is 1.78. The molecular weight excluding hydrogens is 695 g/mol. The molecule has 11 nitrogen and oxygen atoms in total. The molecule has 0 spiro atoms. The van der Waals surface area contributed by atoms with Crippen LogP contribution in [0.2, 0.25) is 54.4 Å². The van der Waals surface area contributed by atoms with Crippen molar-refractivity contribution in [2.24, 2.45) is 0 Å². The van der Waals surface area contributed by atoms with E-state index in [1.54, 1.807) is 13.4 Å². The van der Waals surface area contributed by atoms with Gasteiger partial charge in [-0.15, -0.1) is 0 Å². The van der Waals surface area contributed by atoms with Crippen molar-refractivity contribution in [1.82, 2.24) is 19.5 Å². The lowest BCUT2D eigenvalue weighted by Gasteiger charge is -2.44. The third-order valence-corrected chi connectivity index (χ3v) is 25.0. The topological polar surface area (TPSA) is 110 Å². The number of hydrogen-bond acceptors (Lipinski definition) is 9. The normalized spacial score (nSPS) is 20.9. The van der Waals surface area contributed by atoms with Gasteiger partial charge in [-0.3, -0.25) is 14.3 Å². The summed E-state index contributed by atoms with van der Waals surface area (Å²) in [6.45, 7) is 34.0. The summed E-state index contributed by atoms with van der Waals surface area (Å²) in [5, 5.41) is -0.0735. The van der Waals surface area contributed by atoms with Crippen molar-refractivity contribution in [3.63, 3.8) is 0 Å². The lowest BCUT2D eigenvalue weighted by Crippen LogP contribution is -2.54. The van der Waals surface area contributed by atoms with Crippen molar-refractivity contribution in [3.05, 3.63) is 43.0 Å². The van der Waals surface area contributed by atoms with Gasteiger partial charge in [0.2, 0.25) is 0 Å². The molecule has 1 amide bonds. The molecule has 1 aliphatic rings. The van der Waals surface area contributed by atoms with E-state index in [4.69, 9.17) is 27.7 Å². The first kappa shape index (κ1) is 41.3. The largest absolute Gasteiger partial charge is 0.484 e. The molecule has 14 heteroatoms. The molecule has 3 heterocycles. The average Bonchev–Trinajstić information content (AvgIpc) is 3.58. The predicted molar refractivity (Wildman–Crippen MR) is 212 cm³/mol. The lowest BCUT2D eigenvalue weighted by atomic mass is 10.1. The van der Waals surface area contributed by atoms with E-state index in [-0.39, 0.29) is 27.6 Å². The Morgan fingerprint density at radius 3 is 1.90 bits per heavy atom. The number of anilines is 1. The number of amides is 1. The van der Waals surface area contributed by atoms with Crippen LogP contribution in [0.3, 0.4) is 0 Å². The molecule has 51 heavy (non-hydrogen) atoms. The summed E-state index contributed by atoms with van der Waals surface area (Å²) in [6, 6.07) is 9.26. The minimum Gasteiger partial charge on any atom is -0.484 e. The second kappa shape index (κ2) is 14.7. The Hall–Kier alpha value is -2.47. The van der Waals surface area contributed by atoms with Crippen molar-refractivity contribution < 1.29 is 27.5 Å². The van der Waals surface area contributed by atoms with Gasteiger partial charge in [-0.05, 0) is 66.5 Å². The Morgan fingerprint density at radius 1 is 0.804 bits per heavy atom. The maximum Gasteiger partial charge on any atom is 0.265 e. The number of imidazole rings is 1. The van der Waals surface area contributed by atoms with Gasteiger partial charge in [0.1, 0.15) is 30.4 Å². The fraction of sp³-hybridized carbons (Fsp3) is 0.676. The molecule has 1 aromatic carbocycles. The zero-order valence-electron chi connectivity index (χ0n) is 34.0. The maximum atomic E-state index is 13.3. The quantitative estimate of drug-likeness (QED) is 0.168. The third-order valence-electron chi connectivity index (χ3n) is 11.6. The molecule has 1 saturated heterocycles. The molecule has 0 saturated carbocycles. The van der Waals surface area contributed by atoms with Crippen LogP contribution in [0.4, 0.5) is 5.82 Å². The van der Waals surface area contributed by atoms with Gasteiger partial charge in [0.15, 0.2) is 54.8 Å². The molecule has 0 aliphatic carbocycles. The SMILES string of the molecule is CN(C(=O)COc1ccccc1)c1ncnc2c1ncn2[C@@H]1O[C@H](CO[Si](C)(C)C(C)(C)C)[C@@H](O[Si](C)(C)C(C)(C)C)[C@H]1O[Si](C)(C)C(C)(C)C. The van der Waals surface area contributed by atoms with E-state index in [0.29, 0.717) is 29.3 Å². The Morgan fingerprint density at radius 2 is 1.35 bits per heavy atom. The van der Waals surface area contributed by atoms with Gasteiger partial charge >= 0.3 is 0 Å². The van der Waals surface area contributed by atoms with Crippen LogP contribution in [0.25, 0.3) is 11.2 Å². The average molecular weight is 758 g/mol. The number of carbonyl (C=O) groups is 1. The molecule has 2 aromatic heterocycles. The number of fused-ring (bicyclic) bond motifs is 1. The first-order valence-corrected chi connectivity index (χ1v) is 26.8. The lowest BCUT2D eigenvalue weighted by molar-refractivity contribution is -0.120. The van der Waals surface area contributed by atoms with Gasteiger partial charge in [0.25, 0.3) is 5.91 Å². The summed E-state index contributed by atoms with van der Waals surface area (Å²) in [7, 11) is -5.14. The fourth-order valence-corrected chi connectivity index (χ4v) is 8.64. The summed E-state index contributed by atoms with van der Waals surface area (Å²) >= 11 is 0. The van der Waals surface area contributed by atoms with E-state index in [1.807, 2.05) is 34.9 Å². The van der Waals surface area contributed by atoms with Crippen molar-refractivity contribution in [2.75, 3.05) is 25.2 Å². The first-order valence-electron chi connectivity index (χ1n) is 18.0. The number of benzene rings is 1. The highest BCUT2D eigenvalue weighted by atomic mass is 28.4. The van der Waals surface area contributed by atoms with Crippen LogP contribution in [0.5, 0.6) is 5.75 Å². The van der Waals surface area contributed by atoms with Gasteiger partial charge in [0, 0.05) is 7.05 Å².